The first-order chi connectivity index (χ1) is 8.74. The van der Waals surface area contributed by atoms with Crippen molar-refractivity contribution in [1.82, 2.24) is 4.90 Å². The summed E-state index contributed by atoms with van der Waals surface area (Å²) in [6.45, 7) is 6.62. The summed E-state index contributed by atoms with van der Waals surface area (Å²) in [5.74, 6) is 0. The van der Waals surface area contributed by atoms with E-state index in [1.165, 1.54) is 6.42 Å². The summed E-state index contributed by atoms with van der Waals surface area (Å²) in [6, 6.07) is 8.25. The van der Waals surface area contributed by atoms with Crippen molar-refractivity contribution < 1.29 is 4.79 Å². The van der Waals surface area contributed by atoms with E-state index in [0.717, 1.165) is 43.7 Å². The van der Waals surface area contributed by atoms with Crippen LogP contribution in [0.1, 0.15) is 31.7 Å². The zero-order chi connectivity index (χ0) is 13.0. The second-order valence-electron chi connectivity index (χ2n) is 4.86. The highest BCUT2D eigenvalue weighted by Gasteiger charge is 2.23. The van der Waals surface area contributed by atoms with Crippen LogP contribution in [0.3, 0.4) is 0 Å². The van der Waals surface area contributed by atoms with Crippen molar-refractivity contribution in [3.8, 4) is 0 Å². The maximum atomic E-state index is 12.5. The molecular formula is C15H22N2O. The molecule has 0 bridgehead atoms. The third-order valence-corrected chi connectivity index (χ3v) is 3.58. The minimum atomic E-state index is 0.159. The van der Waals surface area contributed by atoms with Crippen molar-refractivity contribution in [2.75, 3.05) is 24.5 Å². The quantitative estimate of drug-likeness (QED) is 0.784. The number of nitrogens with zero attached hydrogens (tertiary/aromatic N) is 2. The number of aryl methyl sites for hydroxylation is 1. The van der Waals surface area contributed by atoms with Gasteiger partial charge in [-0.05, 0) is 44.7 Å². The average molecular weight is 246 g/mol. The molecule has 0 aromatic heterocycles. The van der Waals surface area contributed by atoms with Crippen LogP contribution in [0.2, 0.25) is 0 Å². The summed E-state index contributed by atoms with van der Waals surface area (Å²) < 4.78 is 0. The van der Waals surface area contributed by atoms with E-state index in [2.05, 4.69) is 13.0 Å². The number of para-hydroxylation sites is 1. The van der Waals surface area contributed by atoms with Gasteiger partial charge in [-0.3, -0.25) is 4.90 Å². The van der Waals surface area contributed by atoms with Crippen LogP contribution in [0.25, 0.3) is 0 Å². The van der Waals surface area contributed by atoms with Crippen LogP contribution in [0, 0.1) is 6.92 Å². The molecular weight excluding hydrogens is 224 g/mol. The maximum Gasteiger partial charge on any atom is 0.324 e. The molecule has 0 spiro atoms. The zero-order valence-electron chi connectivity index (χ0n) is 11.4. The first-order valence-corrected chi connectivity index (χ1v) is 6.86. The van der Waals surface area contributed by atoms with Crippen molar-refractivity contribution in [3.05, 3.63) is 29.8 Å². The Labute approximate surface area is 109 Å². The third kappa shape index (κ3) is 2.66. The molecule has 1 aliphatic rings. The van der Waals surface area contributed by atoms with Crippen LogP contribution in [0.15, 0.2) is 24.3 Å². The number of amides is 2. The second kappa shape index (κ2) is 5.89. The topological polar surface area (TPSA) is 23.6 Å². The van der Waals surface area contributed by atoms with Gasteiger partial charge in [0.15, 0.2) is 0 Å². The van der Waals surface area contributed by atoms with Gasteiger partial charge in [0.1, 0.15) is 0 Å². The van der Waals surface area contributed by atoms with Gasteiger partial charge in [0.2, 0.25) is 0 Å². The van der Waals surface area contributed by atoms with E-state index >= 15 is 0 Å². The molecule has 3 nitrogen and oxygen atoms in total. The highest BCUT2D eigenvalue weighted by molar-refractivity contribution is 5.92. The van der Waals surface area contributed by atoms with Crippen LogP contribution in [0.4, 0.5) is 10.5 Å². The van der Waals surface area contributed by atoms with E-state index in [1.807, 2.05) is 34.9 Å². The summed E-state index contributed by atoms with van der Waals surface area (Å²) in [5, 5.41) is 0. The lowest BCUT2D eigenvalue weighted by Crippen LogP contribution is -2.45. The number of rotatable bonds is 2. The maximum absolute atomic E-state index is 12.5. The molecule has 1 saturated heterocycles. The molecule has 1 aromatic carbocycles. The molecule has 1 aliphatic heterocycles. The molecule has 0 atom stereocenters. The van der Waals surface area contributed by atoms with Crippen LogP contribution in [-0.2, 0) is 0 Å². The largest absolute Gasteiger partial charge is 0.324 e. The Morgan fingerprint density at radius 3 is 2.50 bits per heavy atom. The van der Waals surface area contributed by atoms with Crippen molar-refractivity contribution in [1.29, 1.82) is 0 Å². The molecule has 0 N–H and O–H groups in total. The lowest BCUT2D eigenvalue weighted by Gasteiger charge is -2.33. The number of hydrogen-bond donors (Lipinski definition) is 0. The van der Waals surface area contributed by atoms with Gasteiger partial charge in [0.05, 0.1) is 0 Å². The minimum Gasteiger partial charge on any atom is -0.324 e. The summed E-state index contributed by atoms with van der Waals surface area (Å²) >= 11 is 0. The molecule has 1 aromatic rings. The standard InChI is InChI=1S/C15H22N2O/c1-3-17(14-10-6-5-9-13(14)2)15(18)16-11-7-4-8-12-16/h5-6,9-10H,3-4,7-8,11-12H2,1-2H3. The lowest BCUT2D eigenvalue weighted by atomic mass is 10.1. The number of benzene rings is 1. The molecule has 98 valence electrons. The summed E-state index contributed by atoms with van der Waals surface area (Å²) in [6.07, 6.45) is 3.52. The molecule has 18 heavy (non-hydrogen) atoms. The summed E-state index contributed by atoms with van der Waals surface area (Å²) in [7, 11) is 0. The van der Waals surface area contributed by atoms with E-state index in [9.17, 15) is 4.79 Å². The fourth-order valence-corrected chi connectivity index (χ4v) is 2.53. The molecule has 0 aliphatic carbocycles. The highest BCUT2D eigenvalue weighted by atomic mass is 16.2. The summed E-state index contributed by atoms with van der Waals surface area (Å²) in [5.41, 5.74) is 2.19. The Bertz CT molecular complexity index is 411. The molecule has 3 heteroatoms. The molecule has 1 heterocycles. The normalized spacial score (nSPS) is 15.6. The van der Waals surface area contributed by atoms with Crippen molar-refractivity contribution in [3.63, 3.8) is 0 Å². The zero-order valence-corrected chi connectivity index (χ0v) is 11.4. The molecule has 2 amide bonds. The Morgan fingerprint density at radius 2 is 1.89 bits per heavy atom. The Hall–Kier alpha value is -1.51. The number of carbonyl (C=O) groups excluding carboxylic acids is 1. The SMILES string of the molecule is CCN(C(=O)N1CCCCC1)c1ccccc1C. The van der Waals surface area contributed by atoms with E-state index in [1.54, 1.807) is 0 Å². The first kappa shape index (κ1) is 12.9. The second-order valence-corrected chi connectivity index (χ2v) is 4.86. The van der Waals surface area contributed by atoms with Gasteiger partial charge in [-0.1, -0.05) is 18.2 Å². The molecule has 1 fully saturated rings. The molecule has 0 radical (unpaired) electrons. The Balaban J connectivity index is 2.17. The van der Waals surface area contributed by atoms with Gasteiger partial charge in [0.25, 0.3) is 0 Å². The van der Waals surface area contributed by atoms with E-state index in [0.29, 0.717) is 0 Å². The van der Waals surface area contributed by atoms with Gasteiger partial charge < -0.3 is 4.90 Å². The lowest BCUT2D eigenvalue weighted by molar-refractivity contribution is 0.193. The van der Waals surface area contributed by atoms with Crippen molar-refractivity contribution in [2.45, 2.75) is 33.1 Å². The van der Waals surface area contributed by atoms with Crippen LogP contribution in [0.5, 0.6) is 0 Å². The van der Waals surface area contributed by atoms with Gasteiger partial charge in [-0.25, -0.2) is 4.79 Å². The van der Waals surface area contributed by atoms with Crippen LogP contribution < -0.4 is 4.90 Å². The minimum absolute atomic E-state index is 0.159. The van der Waals surface area contributed by atoms with Gasteiger partial charge in [-0.15, -0.1) is 0 Å². The number of piperidine rings is 1. The average Bonchev–Trinajstić information content (AvgIpc) is 2.42. The Kier molecular flexibility index (Phi) is 4.24. The predicted molar refractivity (Wildman–Crippen MR) is 75.0 cm³/mol. The number of carbonyl (C=O) groups is 1. The number of hydrogen-bond acceptors (Lipinski definition) is 1. The third-order valence-electron chi connectivity index (χ3n) is 3.58. The fraction of sp³-hybridized carbons (Fsp3) is 0.533. The first-order valence-electron chi connectivity index (χ1n) is 6.86. The van der Waals surface area contributed by atoms with E-state index in [4.69, 9.17) is 0 Å². The predicted octanol–water partition coefficient (Wildman–Crippen LogP) is 3.43. The van der Waals surface area contributed by atoms with Crippen molar-refractivity contribution in [2.24, 2.45) is 0 Å². The van der Waals surface area contributed by atoms with Gasteiger partial charge in [0, 0.05) is 25.3 Å². The van der Waals surface area contributed by atoms with Gasteiger partial charge in [-0.2, -0.15) is 0 Å². The highest BCUT2D eigenvalue weighted by Crippen LogP contribution is 2.21. The molecule has 2 rings (SSSR count). The van der Waals surface area contributed by atoms with E-state index < -0.39 is 0 Å². The summed E-state index contributed by atoms with van der Waals surface area (Å²) in [4.78, 5) is 16.4. The van der Waals surface area contributed by atoms with Crippen molar-refractivity contribution >= 4 is 11.7 Å². The monoisotopic (exact) mass is 246 g/mol. The molecule has 0 saturated carbocycles. The number of likely N-dealkylation sites (tertiary alicyclic amines) is 1. The smallest absolute Gasteiger partial charge is 0.324 e. The fourth-order valence-electron chi connectivity index (χ4n) is 2.53. The number of urea groups is 1. The Morgan fingerprint density at radius 1 is 1.22 bits per heavy atom. The number of anilines is 1. The van der Waals surface area contributed by atoms with E-state index in [-0.39, 0.29) is 6.03 Å². The van der Waals surface area contributed by atoms with Crippen LogP contribution >= 0.6 is 0 Å². The molecule has 0 unspecified atom stereocenters. The van der Waals surface area contributed by atoms with Gasteiger partial charge >= 0.3 is 6.03 Å². The van der Waals surface area contributed by atoms with Crippen LogP contribution in [-0.4, -0.2) is 30.6 Å².